The number of rotatable bonds is 7. The molecule has 0 radical (unpaired) electrons. The van der Waals surface area contributed by atoms with Crippen LogP contribution in [0.15, 0.2) is 0 Å². The lowest BCUT2D eigenvalue weighted by molar-refractivity contribution is 0.193. The van der Waals surface area contributed by atoms with Gasteiger partial charge in [-0.05, 0) is 6.42 Å². The zero-order valence-electron chi connectivity index (χ0n) is 8.11. The fourth-order valence-corrected chi connectivity index (χ4v) is 1.26. The van der Waals surface area contributed by atoms with E-state index < -0.39 is 7.82 Å². The first-order chi connectivity index (χ1) is 5.56. The van der Waals surface area contributed by atoms with Gasteiger partial charge in [-0.25, -0.2) is 4.57 Å². The zero-order chi connectivity index (χ0) is 9.45. The third-order valence-electron chi connectivity index (χ3n) is 1.51. The highest BCUT2D eigenvalue weighted by molar-refractivity contribution is 7.46. The molecule has 4 nitrogen and oxygen atoms in total. The smallest absolute Gasteiger partial charge is 0.303 e. The molecule has 0 amide bonds. The number of phosphoric acid groups is 1. The second-order valence-electron chi connectivity index (χ2n) is 2.74. The molecule has 0 fully saturated rings. The molecule has 0 spiro atoms. The molecule has 0 aliphatic carbocycles. The second kappa shape index (κ2) is 9.11. The Bertz CT molecular complexity index is 145. The van der Waals surface area contributed by atoms with Crippen LogP contribution in [0.1, 0.15) is 39.0 Å². The van der Waals surface area contributed by atoms with Gasteiger partial charge in [0, 0.05) is 0 Å². The van der Waals surface area contributed by atoms with E-state index in [-0.39, 0.29) is 16.5 Å². The number of hydrogen-bond donors (Lipinski definition) is 2. The summed E-state index contributed by atoms with van der Waals surface area (Å²) >= 11 is 0. The summed E-state index contributed by atoms with van der Waals surface area (Å²) in [4.78, 5) is 16.6. The van der Waals surface area contributed by atoms with Crippen LogP contribution in [0.5, 0.6) is 0 Å². The maximum atomic E-state index is 10.2. The van der Waals surface area contributed by atoms with Gasteiger partial charge < -0.3 is 9.79 Å². The minimum Gasteiger partial charge on any atom is -0.303 e. The molecule has 0 bridgehead atoms. The largest absolute Gasteiger partial charge is 0.469 e. The highest BCUT2D eigenvalue weighted by Crippen LogP contribution is 2.35. The molecule has 6 heteroatoms. The normalized spacial score (nSPS) is 11.0. The third-order valence-corrected chi connectivity index (χ3v) is 2.03. The van der Waals surface area contributed by atoms with Crippen molar-refractivity contribution in [2.24, 2.45) is 0 Å². The van der Waals surface area contributed by atoms with Crippen molar-refractivity contribution < 1.29 is 18.9 Å². The van der Waals surface area contributed by atoms with Crippen molar-refractivity contribution in [1.29, 1.82) is 0 Å². The Balaban J connectivity index is 0. The number of hydrogen-bond acceptors (Lipinski definition) is 2. The molecular formula is C7H20O4P2. The van der Waals surface area contributed by atoms with E-state index in [1.807, 2.05) is 0 Å². The average Bonchev–Trinajstić information content (AvgIpc) is 1.94. The fourth-order valence-electron chi connectivity index (χ4n) is 0.889. The average molecular weight is 230 g/mol. The van der Waals surface area contributed by atoms with Gasteiger partial charge in [0.15, 0.2) is 0 Å². The van der Waals surface area contributed by atoms with E-state index >= 15 is 0 Å². The lowest BCUT2D eigenvalue weighted by atomic mass is 10.2. The van der Waals surface area contributed by atoms with Gasteiger partial charge in [0.1, 0.15) is 0 Å². The first-order valence-electron chi connectivity index (χ1n) is 4.26. The Labute approximate surface area is 82.9 Å². The van der Waals surface area contributed by atoms with E-state index in [1.54, 1.807) is 0 Å². The summed E-state index contributed by atoms with van der Waals surface area (Å²) in [5.41, 5.74) is 0. The number of phosphoric ester groups is 1. The molecule has 0 aromatic rings. The van der Waals surface area contributed by atoms with Gasteiger partial charge in [-0.15, -0.1) is 0 Å². The van der Waals surface area contributed by atoms with Gasteiger partial charge in [0.2, 0.25) is 0 Å². The number of unbranched alkanes of at least 4 members (excludes halogenated alkanes) is 4. The Hall–Kier alpha value is 0.540. The zero-order valence-corrected chi connectivity index (χ0v) is 10.4. The fraction of sp³-hybridized carbons (Fsp3) is 1.00. The molecule has 2 N–H and O–H groups in total. The van der Waals surface area contributed by atoms with E-state index in [9.17, 15) is 4.57 Å². The first kappa shape index (κ1) is 16.0. The molecular weight excluding hydrogens is 210 g/mol. The summed E-state index contributed by atoms with van der Waals surface area (Å²) in [7, 11) is -4.22. The predicted molar refractivity (Wildman–Crippen MR) is 57.9 cm³/mol. The van der Waals surface area contributed by atoms with Crippen LogP contribution in [0.4, 0.5) is 0 Å². The molecule has 1 unspecified atom stereocenters. The van der Waals surface area contributed by atoms with Gasteiger partial charge in [-0.1, -0.05) is 32.6 Å². The Morgan fingerprint density at radius 2 is 1.69 bits per heavy atom. The van der Waals surface area contributed by atoms with Crippen LogP contribution in [0.3, 0.4) is 0 Å². The van der Waals surface area contributed by atoms with E-state index in [1.165, 1.54) is 12.8 Å². The standard InChI is InChI=1S/C7H17O4P.H3P/c1-2-3-4-5-6-7-11-12(8,9)10;/h2-7H2,1H3,(H2,8,9,10);1H3. The molecule has 0 aliphatic rings. The maximum Gasteiger partial charge on any atom is 0.469 e. The first-order valence-corrected chi connectivity index (χ1v) is 5.79. The van der Waals surface area contributed by atoms with Crippen LogP contribution >= 0.6 is 17.7 Å². The van der Waals surface area contributed by atoms with E-state index in [0.29, 0.717) is 0 Å². The van der Waals surface area contributed by atoms with Crippen LogP contribution in [0.2, 0.25) is 0 Å². The highest BCUT2D eigenvalue weighted by Gasteiger charge is 2.11. The van der Waals surface area contributed by atoms with Crippen molar-refractivity contribution in [3.63, 3.8) is 0 Å². The molecule has 0 aliphatic heterocycles. The van der Waals surface area contributed by atoms with Crippen molar-refractivity contribution in [1.82, 2.24) is 0 Å². The van der Waals surface area contributed by atoms with Gasteiger partial charge in [-0.3, -0.25) is 4.52 Å². The maximum absolute atomic E-state index is 10.2. The van der Waals surface area contributed by atoms with E-state index in [4.69, 9.17) is 9.79 Å². The molecule has 0 aromatic carbocycles. The summed E-state index contributed by atoms with van der Waals surface area (Å²) in [6.45, 7) is 2.28. The van der Waals surface area contributed by atoms with Crippen molar-refractivity contribution in [3.05, 3.63) is 0 Å². The minimum atomic E-state index is -4.22. The summed E-state index contributed by atoms with van der Waals surface area (Å²) < 4.78 is 14.5. The molecule has 13 heavy (non-hydrogen) atoms. The van der Waals surface area contributed by atoms with Crippen LogP contribution in [0.25, 0.3) is 0 Å². The Morgan fingerprint density at radius 1 is 1.15 bits per heavy atom. The van der Waals surface area contributed by atoms with E-state index in [0.717, 1.165) is 19.3 Å². The van der Waals surface area contributed by atoms with E-state index in [2.05, 4.69) is 11.4 Å². The molecule has 0 rings (SSSR count). The summed E-state index contributed by atoms with van der Waals surface area (Å²) in [6, 6.07) is 0. The summed E-state index contributed by atoms with van der Waals surface area (Å²) in [5.74, 6) is 0. The van der Waals surface area contributed by atoms with Gasteiger partial charge >= 0.3 is 7.82 Å². The monoisotopic (exact) mass is 230 g/mol. The predicted octanol–water partition coefficient (Wildman–Crippen LogP) is 2.12. The summed E-state index contributed by atoms with van der Waals surface area (Å²) in [6.07, 6.45) is 5.16. The Kier molecular flexibility index (Phi) is 11.2. The molecule has 0 aromatic heterocycles. The lowest BCUT2D eigenvalue weighted by Crippen LogP contribution is -1.91. The molecule has 0 saturated carbocycles. The van der Waals surface area contributed by atoms with Crippen LogP contribution in [-0.4, -0.2) is 16.4 Å². The third kappa shape index (κ3) is 15.3. The van der Waals surface area contributed by atoms with Gasteiger partial charge in [-0.2, -0.15) is 9.90 Å². The van der Waals surface area contributed by atoms with Crippen molar-refractivity contribution >= 4 is 17.7 Å². The Morgan fingerprint density at radius 3 is 2.15 bits per heavy atom. The SMILES string of the molecule is CCCCCCCOP(=O)(O)O.P. The van der Waals surface area contributed by atoms with Gasteiger partial charge in [0.05, 0.1) is 6.61 Å². The van der Waals surface area contributed by atoms with Crippen LogP contribution in [-0.2, 0) is 9.09 Å². The van der Waals surface area contributed by atoms with Crippen LogP contribution < -0.4 is 0 Å². The summed E-state index contributed by atoms with van der Waals surface area (Å²) in [5, 5.41) is 0. The minimum absolute atomic E-state index is 0. The quantitative estimate of drug-likeness (QED) is 0.519. The molecule has 82 valence electrons. The molecule has 0 heterocycles. The lowest BCUT2D eigenvalue weighted by Gasteiger charge is -2.03. The molecule has 1 atom stereocenters. The highest BCUT2D eigenvalue weighted by atomic mass is 31.2. The van der Waals surface area contributed by atoms with Crippen molar-refractivity contribution in [2.75, 3.05) is 6.61 Å². The second-order valence-corrected chi connectivity index (χ2v) is 3.98. The van der Waals surface area contributed by atoms with Crippen molar-refractivity contribution in [2.45, 2.75) is 39.0 Å². The van der Waals surface area contributed by atoms with Crippen LogP contribution in [0, 0.1) is 0 Å². The topological polar surface area (TPSA) is 66.8 Å². The molecule has 0 saturated heterocycles. The van der Waals surface area contributed by atoms with Crippen molar-refractivity contribution in [3.8, 4) is 0 Å². The van der Waals surface area contributed by atoms with Gasteiger partial charge in [0.25, 0.3) is 0 Å².